The summed E-state index contributed by atoms with van der Waals surface area (Å²) in [5.74, 6) is -0.490. The quantitative estimate of drug-likeness (QED) is 0.871. The standard InChI is InChI=1S/C13H16ClF2NO/c14-9-5-8(6-11(16)7-9)12(17)13(18)3-1-10(15)2-4-13/h5-7,10,12,18H,1-4,17H2/t10-,12?,13+. The van der Waals surface area contributed by atoms with E-state index in [1.807, 2.05) is 0 Å². The fourth-order valence-corrected chi connectivity index (χ4v) is 2.69. The fraction of sp³-hybridized carbons (Fsp3) is 0.538. The van der Waals surface area contributed by atoms with Gasteiger partial charge in [-0.1, -0.05) is 11.6 Å². The van der Waals surface area contributed by atoms with Crippen molar-refractivity contribution in [3.8, 4) is 0 Å². The Hall–Kier alpha value is -0.710. The molecule has 1 atom stereocenters. The van der Waals surface area contributed by atoms with Crippen molar-refractivity contribution in [1.82, 2.24) is 0 Å². The third kappa shape index (κ3) is 2.82. The molecule has 18 heavy (non-hydrogen) atoms. The Morgan fingerprint density at radius 3 is 2.50 bits per heavy atom. The highest BCUT2D eigenvalue weighted by molar-refractivity contribution is 6.30. The molecule has 0 aliphatic heterocycles. The zero-order valence-corrected chi connectivity index (χ0v) is 10.6. The average molecular weight is 276 g/mol. The summed E-state index contributed by atoms with van der Waals surface area (Å²) in [6.07, 6.45) is 0.251. The van der Waals surface area contributed by atoms with E-state index < -0.39 is 23.6 Å². The monoisotopic (exact) mass is 275 g/mol. The summed E-state index contributed by atoms with van der Waals surface area (Å²) in [5, 5.41) is 10.7. The van der Waals surface area contributed by atoms with Crippen molar-refractivity contribution < 1.29 is 13.9 Å². The zero-order chi connectivity index (χ0) is 13.3. The van der Waals surface area contributed by atoms with Crippen LogP contribution in [0.25, 0.3) is 0 Å². The highest BCUT2D eigenvalue weighted by Gasteiger charge is 2.39. The van der Waals surface area contributed by atoms with E-state index in [4.69, 9.17) is 17.3 Å². The first-order chi connectivity index (χ1) is 8.40. The molecule has 1 aromatic carbocycles. The Morgan fingerprint density at radius 2 is 1.94 bits per heavy atom. The predicted octanol–water partition coefficient (Wildman–Crippen LogP) is 3.12. The van der Waals surface area contributed by atoms with Crippen molar-refractivity contribution in [3.63, 3.8) is 0 Å². The molecule has 0 aromatic heterocycles. The molecule has 100 valence electrons. The first kappa shape index (κ1) is 13.7. The van der Waals surface area contributed by atoms with E-state index in [0.717, 1.165) is 0 Å². The maximum atomic E-state index is 13.3. The maximum absolute atomic E-state index is 13.3. The minimum absolute atomic E-state index is 0.239. The summed E-state index contributed by atoms with van der Waals surface area (Å²) < 4.78 is 26.3. The molecule has 0 bridgehead atoms. The van der Waals surface area contributed by atoms with E-state index in [-0.39, 0.29) is 30.7 Å². The number of benzene rings is 1. The minimum Gasteiger partial charge on any atom is -0.388 e. The Bertz CT molecular complexity index is 413. The number of hydrogen-bond acceptors (Lipinski definition) is 2. The maximum Gasteiger partial charge on any atom is 0.125 e. The van der Waals surface area contributed by atoms with Crippen molar-refractivity contribution in [2.24, 2.45) is 5.73 Å². The molecule has 1 saturated carbocycles. The third-order valence-corrected chi connectivity index (χ3v) is 3.82. The molecule has 2 nitrogen and oxygen atoms in total. The van der Waals surface area contributed by atoms with E-state index in [2.05, 4.69) is 0 Å². The molecule has 5 heteroatoms. The van der Waals surface area contributed by atoms with E-state index in [9.17, 15) is 13.9 Å². The van der Waals surface area contributed by atoms with Crippen LogP contribution in [0.4, 0.5) is 8.78 Å². The van der Waals surface area contributed by atoms with Crippen LogP contribution in [0.3, 0.4) is 0 Å². The molecule has 0 saturated heterocycles. The number of aliphatic hydroxyl groups is 1. The van der Waals surface area contributed by atoms with Crippen LogP contribution in [0.15, 0.2) is 18.2 Å². The largest absolute Gasteiger partial charge is 0.388 e. The van der Waals surface area contributed by atoms with Gasteiger partial charge in [-0.2, -0.15) is 0 Å². The Kier molecular flexibility index (Phi) is 3.90. The SMILES string of the molecule is NC(c1cc(F)cc(Cl)c1)[C@]1(O)CC[C@@H](F)CC1. The van der Waals surface area contributed by atoms with Crippen LogP contribution in [0, 0.1) is 5.82 Å². The predicted molar refractivity (Wildman–Crippen MR) is 66.7 cm³/mol. The second-order valence-electron chi connectivity index (χ2n) is 4.96. The van der Waals surface area contributed by atoms with Gasteiger partial charge in [0.2, 0.25) is 0 Å². The summed E-state index contributed by atoms with van der Waals surface area (Å²) >= 11 is 5.76. The van der Waals surface area contributed by atoms with Crippen LogP contribution in [0.1, 0.15) is 37.3 Å². The molecule has 0 heterocycles. The van der Waals surface area contributed by atoms with Gasteiger partial charge in [-0.15, -0.1) is 0 Å². The zero-order valence-electron chi connectivity index (χ0n) is 9.87. The average Bonchev–Trinajstić information content (AvgIpc) is 2.31. The molecule has 0 spiro atoms. The van der Waals surface area contributed by atoms with Gasteiger partial charge in [-0.3, -0.25) is 0 Å². The molecule has 2 rings (SSSR count). The van der Waals surface area contributed by atoms with Gasteiger partial charge in [0.05, 0.1) is 11.6 Å². The highest BCUT2D eigenvalue weighted by atomic mass is 35.5. The van der Waals surface area contributed by atoms with Gasteiger partial charge in [-0.25, -0.2) is 8.78 Å². The van der Waals surface area contributed by atoms with Gasteiger partial charge in [0.25, 0.3) is 0 Å². The molecule has 1 aliphatic rings. The van der Waals surface area contributed by atoms with E-state index in [1.54, 1.807) is 0 Å². The lowest BCUT2D eigenvalue weighted by Gasteiger charge is -2.38. The Morgan fingerprint density at radius 1 is 1.33 bits per heavy atom. The number of hydrogen-bond donors (Lipinski definition) is 2. The molecular formula is C13H16ClF2NO. The van der Waals surface area contributed by atoms with E-state index in [0.29, 0.717) is 5.56 Å². The van der Waals surface area contributed by atoms with Gasteiger partial charge in [-0.05, 0) is 49.4 Å². The van der Waals surface area contributed by atoms with E-state index in [1.165, 1.54) is 18.2 Å². The molecule has 1 aliphatic carbocycles. The summed E-state index contributed by atoms with van der Waals surface area (Å²) in [5.41, 5.74) is 5.25. The van der Waals surface area contributed by atoms with Crippen molar-refractivity contribution in [1.29, 1.82) is 0 Å². The molecule has 1 unspecified atom stereocenters. The molecule has 0 amide bonds. The lowest BCUT2D eigenvalue weighted by Crippen LogP contribution is -2.44. The number of rotatable bonds is 2. The molecule has 1 aromatic rings. The summed E-state index contributed by atoms with van der Waals surface area (Å²) in [6, 6.07) is 3.23. The second-order valence-corrected chi connectivity index (χ2v) is 5.40. The van der Waals surface area contributed by atoms with Crippen molar-refractivity contribution in [2.75, 3.05) is 0 Å². The molecular weight excluding hydrogens is 260 g/mol. The molecule has 3 N–H and O–H groups in total. The van der Waals surface area contributed by atoms with Crippen molar-refractivity contribution in [2.45, 2.75) is 43.5 Å². The molecule has 0 radical (unpaired) electrons. The van der Waals surface area contributed by atoms with Crippen molar-refractivity contribution in [3.05, 3.63) is 34.6 Å². The Balaban J connectivity index is 2.22. The minimum atomic E-state index is -1.18. The second kappa shape index (κ2) is 5.11. The Labute approximate surface area is 110 Å². The lowest BCUT2D eigenvalue weighted by atomic mass is 9.77. The van der Waals surface area contributed by atoms with Gasteiger partial charge in [0, 0.05) is 5.02 Å². The van der Waals surface area contributed by atoms with Crippen LogP contribution < -0.4 is 5.73 Å². The smallest absolute Gasteiger partial charge is 0.125 e. The van der Waals surface area contributed by atoms with Gasteiger partial charge in [0.1, 0.15) is 12.0 Å². The van der Waals surface area contributed by atoms with Crippen LogP contribution in [0.5, 0.6) is 0 Å². The lowest BCUT2D eigenvalue weighted by molar-refractivity contribution is -0.0364. The first-order valence-electron chi connectivity index (χ1n) is 5.99. The summed E-state index contributed by atoms with van der Waals surface area (Å²) in [4.78, 5) is 0. The van der Waals surface area contributed by atoms with Crippen molar-refractivity contribution >= 4 is 11.6 Å². The van der Waals surface area contributed by atoms with Crippen LogP contribution in [-0.2, 0) is 0 Å². The fourth-order valence-electron chi connectivity index (χ4n) is 2.46. The van der Waals surface area contributed by atoms with Crippen LogP contribution in [-0.4, -0.2) is 16.9 Å². The number of nitrogens with two attached hydrogens (primary N) is 1. The first-order valence-corrected chi connectivity index (χ1v) is 6.36. The summed E-state index contributed by atoms with van der Waals surface area (Å²) in [6.45, 7) is 0. The molecule has 1 fully saturated rings. The van der Waals surface area contributed by atoms with E-state index >= 15 is 0 Å². The summed E-state index contributed by atoms with van der Waals surface area (Å²) in [7, 11) is 0. The normalized spacial score (nSPS) is 30.2. The number of alkyl halides is 1. The van der Waals surface area contributed by atoms with Gasteiger partial charge >= 0.3 is 0 Å². The van der Waals surface area contributed by atoms with Crippen LogP contribution in [0.2, 0.25) is 5.02 Å². The van der Waals surface area contributed by atoms with Crippen LogP contribution >= 0.6 is 11.6 Å². The topological polar surface area (TPSA) is 46.2 Å². The third-order valence-electron chi connectivity index (χ3n) is 3.60. The number of halogens is 3. The van der Waals surface area contributed by atoms with Gasteiger partial charge < -0.3 is 10.8 Å². The van der Waals surface area contributed by atoms with Gasteiger partial charge in [0.15, 0.2) is 0 Å². The highest BCUT2D eigenvalue weighted by Crippen LogP contribution is 2.38.